The first-order valence-electron chi connectivity index (χ1n) is 12.1. The summed E-state index contributed by atoms with van der Waals surface area (Å²) in [5.41, 5.74) is 5.26. The van der Waals surface area contributed by atoms with E-state index in [9.17, 15) is 4.79 Å². The molecule has 1 unspecified atom stereocenters. The van der Waals surface area contributed by atoms with Gasteiger partial charge >= 0.3 is 0 Å². The average molecular weight is 449 g/mol. The Morgan fingerprint density at radius 2 is 1.91 bits per heavy atom. The molecule has 1 aromatic heterocycles. The van der Waals surface area contributed by atoms with Gasteiger partial charge in [0.1, 0.15) is 12.4 Å². The minimum atomic E-state index is -0.0780. The maximum atomic E-state index is 14.0. The first kappa shape index (κ1) is 23.5. The van der Waals surface area contributed by atoms with Gasteiger partial charge in [0.2, 0.25) is 5.91 Å². The molecule has 1 amide bonds. The number of anilines is 1. The lowest BCUT2D eigenvalue weighted by atomic mass is 10.0. The molecule has 6 heteroatoms. The van der Waals surface area contributed by atoms with Gasteiger partial charge in [0, 0.05) is 7.11 Å². The van der Waals surface area contributed by atoms with Crippen molar-refractivity contribution < 1.29 is 9.53 Å². The van der Waals surface area contributed by atoms with Crippen LogP contribution in [0.5, 0.6) is 0 Å². The second-order valence-corrected chi connectivity index (χ2v) is 9.09. The third-order valence-corrected chi connectivity index (χ3v) is 6.65. The maximum Gasteiger partial charge on any atom is 0.247 e. The molecule has 2 aromatic carbocycles. The lowest BCUT2D eigenvalue weighted by molar-refractivity contribution is -0.119. The summed E-state index contributed by atoms with van der Waals surface area (Å²) in [6.07, 6.45) is 3.33. The molecule has 176 valence electrons. The number of aromatic nitrogens is 2. The number of rotatable bonds is 9. The molecule has 3 aromatic rings. The van der Waals surface area contributed by atoms with Crippen LogP contribution in [-0.4, -0.2) is 53.2 Å². The molecule has 0 N–H and O–H groups in total. The van der Waals surface area contributed by atoms with Gasteiger partial charge < -0.3 is 14.2 Å². The number of fused-ring (bicyclic) bond motifs is 1. The Kier molecular flexibility index (Phi) is 7.46. The average Bonchev–Trinajstić information content (AvgIpc) is 3.44. The van der Waals surface area contributed by atoms with Gasteiger partial charge in [-0.25, -0.2) is 4.98 Å². The maximum absolute atomic E-state index is 14.0. The summed E-state index contributed by atoms with van der Waals surface area (Å²) in [6.45, 7) is 9.99. The third kappa shape index (κ3) is 4.97. The van der Waals surface area contributed by atoms with E-state index < -0.39 is 0 Å². The summed E-state index contributed by atoms with van der Waals surface area (Å²) in [5, 5.41) is 0. The molecule has 0 saturated carbocycles. The highest BCUT2D eigenvalue weighted by Crippen LogP contribution is 2.29. The summed E-state index contributed by atoms with van der Waals surface area (Å²) in [6, 6.07) is 14.3. The number of benzene rings is 2. The van der Waals surface area contributed by atoms with Crippen molar-refractivity contribution in [1.29, 1.82) is 0 Å². The van der Waals surface area contributed by atoms with E-state index in [2.05, 4.69) is 54.5 Å². The Bertz CT molecular complexity index is 1100. The van der Waals surface area contributed by atoms with Gasteiger partial charge in [-0.05, 0) is 69.5 Å². The Morgan fingerprint density at radius 3 is 2.64 bits per heavy atom. The monoisotopic (exact) mass is 448 g/mol. The van der Waals surface area contributed by atoms with Crippen LogP contribution in [0.3, 0.4) is 0 Å². The number of aryl methyl sites for hydroxylation is 2. The normalized spacial score (nSPS) is 15.3. The number of hydrogen-bond donors (Lipinski definition) is 0. The zero-order valence-corrected chi connectivity index (χ0v) is 20.4. The zero-order chi connectivity index (χ0) is 23.4. The molecule has 0 radical (unpaired) electrons. The standard InChI is InChI=1S/C27H36N4O2/c1-5-22-12-10-11-20(2)27(22)31(21(3)19-33-4)26(32)18-30-24-14-7-6-13-23(24)28-25(30)17-29-15-8-9-16-29/h6-7,10-14,21H,5,8-9,15-19H2,1-4H3. The predicted octanol–water partition coefficient (Wildman–Crippen LogP) is 4.57. The van der Waals surface area contributed by atoms with Crippen LogP contribution in [-0.2, 0) is 29.0 Å². The second-order valence-electron chi connectivity index (χ2n) is 9.09. The molecule has 1 fully saturated rings. The zero-order valence-electron chi connectivity index (χ0n) is 20.4. The molecule has 4 rings (SSSR count). The number of carbonyl (C=O) groups is 1. The summed E-state index contributed by atoms with van der Waals surface area (Å²) in [7, 11) is 1.69. The van der Waals surface area contributed by atoms with Crippen LogP contribution in [0.1, 0.15) is 43.6 Å². The van der Waals surface area contributed by atoms with E-state index in [0.29, 0.717) is 6.61 Å². The van der Waals surface area contributed by atoms with Crippen LogP contribution >= 0.6 is 0 Å². The van der Waals surface area contributed by atoms with Crippen LogP contribution in [0.25, 0.3) is 11.0 Å². The van der Waals surface area contributed by atoms with Crippen molar-refractivity contribution in [3.63, 3.8) is 0 Å². The van der Waals surface area contributed by atoms with E-state index in [-0.39, 0.29) is 18.5 Å². The largest absolute Gasteiger partial charge is 0.383 e. The predicted molar refractivity (Wildman–Crippen MR) is 134 cm³/mol. The second kappa shape index (κ2) is 10.5. The molecule has 33 heavy (non-hydrogen) atoms. The van der Waals surface area contributed by atoms with E-state index in [1.54, 1.807) is 7.11 Å². The molecule has 1 saturated heterocycles. The van der Waals surface area contributed by atoms with E-state index in [4.69, 9.17) is 9.72 Å². The highest BCUT2D eigenvalue weighted by Gasteiger charge is 2.27. The highest BCUT2D eigenvalue weighted by atomic mass is 16.5. The fourth-order valence-electron chi connectivity index (χ4n) is 5.03. The van der Waals surface area contributed by atoms with E-state index in [1.165, 1.54) is 18.4 Å². The van der Waals surface area contributed by atoms with Crippen molar-refractivity contribution in [1.82, 2.24) is 14.5 Å². The lowest BCUT2D eigenvalue weighted by Crippen LogP contribution is -2.44. The molecular formula is C27H36N4O2. The fraction of sp³-hybridized carbons (Fsp3) is 0.481. The molecule has 0 bridgehead atoms. The minimum Gasteiger partial charge on any atom is -0.383 e. The van der Waals surface area contributed by atoms with Crippen molar-refractivity contribution in [3.8, 4) is 0 Å². The Morgan fingerprint density at radius 1 is 1.15 bits per heavy atom. The number of carbonyl (C=O) groups excluding carboxylic acids is 1. The number of amides is 1. The van der Waals surface area contributed by atoms with E-state index >= 15 is 0 Å². The molecule has 1 atom stereocenters. The SMILES string of the molecule is CCc1cccc(C)c1N(C(=O)Cn1c(CN2CCCC2)nc2ccccc21)C(C)COC. The van der Waals surface area contributed by atoms with Crippen LogP contribution < -0.4 is 4.90 Å². The summed E-state index contributed by atoms with van der Waals surface area (Å²) < 4.78 is 7.59. The van der Waals surface area contributed by atoms with Crippen molar-refractivity contribution in [2.75, 3.05) is 31.7 Å². The third-order valence-electron chi connectivity index (χ3n) is 6.65. The van der Waals surface area contributed by atoms with Gasteiger partial charge in [-0.2, -0.15) is 0 Å². The van der Waals surface area contributed by atoms with Crippen LogP contribution in [0, 0.1) is 6.92 Å². The van der Waals surface area contributed by atoms with Crippen LogP contribution in [0.4, 0.5) is 5.69 Å². The summed E-state index contributed by atoms with van der Waals surface area (Å²) in [5.74, 6) is 1.03. The smallest absolute Gasteiger partial charge is 0.247 e. The number of methoxy groups -OCH3 is 1. The topological polar surface area (TPSA) is 50.6 Å². The van der Waals surface area contributed by atoms with Crippen molar-refractivity contribution in [3.05, 3.63) is 59.4 Å². The number of likely N-dealkylation sites (tertiary alicyclic amines) is 1. The van der Waals surface area contributed by atoms with Gasteiger partial charge in [-0.3, -0.25) is 9.69 Å². The number of para-hydroxylation sites is 3. The number of hydrogen-bond acceptors (Lipinski definition) is 4. The van der Waals surface area contributed by atoms with Gasteiger partial charge in [-0.15, -0.1) is 0 Å². The van der Waals surface area contributed by atoms with Gasteiger partial charge in [0.25, 0.3) is 0 Å². The molecule has 0 aliphatic carbocycles. The van der Waals surface area contributed by atoms with E-state index in [1.807, 2.05) is 23.1 Å². The quantitative estimate of drug-likeness (QED) is 0.481. The fourth-order valence-corrected chi connectivity index (χ4v) is 5.03. The molecule has 1 aliphatic heterocycles. The van der Waals surface area contributed by atoms with Crippen LogP contribution in [0.15, 0.2) is 42.5 Å². The molecule has 0 spiro atoms. The van der Waals surface area contributed by atoms with Gasteiger partial charge in [-0.1, -0.05) is 37.3 Å². The van der Waals surface area contributed by atoms with E-state index in [0.717, 1.165) is 54.2 Å². The van der Waals surface area contributed by atoms with Gasteiger partial charge in [0.05, 0.1) is 35.9 Å². The van der Waals surface area contributed by atoms with Crippen molar-refractivity contribution >= 4 is 22.6 Å². The number of imidazole rings is 1. The molecule has 1 aliphatic rings. The molecule has 2 heterocycles. The van der Waals surface area contributed by atoms with Crippen molar-refractivity contribution in [2.24, 2.45) is 0 Å². The number of ether oxygens (including phenoxy) is 1. The minimum absolute atomic E-state index is 0.0642. The first-order chi connectivity index (χ1) is 16.0. The Labute approximate surface area is 197 Å². The molecule has 6 nitrogen and oxygen atoms in total. The van der Waals surface area contributed by atoms with Crippen molar-refractivity contribution in [2.45, 2.75) is 59.2 Å². The Balaban J connectivity index is 1.73. The van der Waals surface area contributed by atoms with Gasteiger partial charge in [0.15, 0.2) is 0 Å². The summed E-state index contributed by atoms with van der Waals surface area (Å²) in [4.78, 5) is 23.3. The molecular weight excluding hydrogens is 412 g/mol. The first-order valence-corrected chi connectivity index (χ1v) is 12.1. The summed E-state index contributed by atoms with van der Waals surface area (Å²) >= 11 is 0. The highest BCUT2D eigenvalue weighted by molar-refractivity contribution is 5.96. The number of nitrogens with zero attached hydrogens (tertiary/aromatic N) is 4. The Hall–Kier alpha value is -2.70. The lowest BCUT2D eigenvalue weighted by Gasteiger charge is -2.32. The van der Waals surface area contributed by atoms with Crippen LogP contribution in [0.2, 0.25) is 0 Å².